The van der Waals surface area contributed by atoms with Crippen molar-refractivity contribution in [1.82, 2.24) is 0 Å². The van der Waals surface area contributed by atoms with Crippen molar-refractivity contribution in [2.24, 2.45) is 0 Å². The summed E-state index contributed by atoms with van der Waals surface area (Å²) in [6.45, 7) is 3.21. The lowest BCUT2D eigenvalue weighted by Crippen LogP contribution is -1.95. The molecule has 0 aliphatic carbocycles. The summed E-state index contributed by atoms with van der Waals surface area (Å²) in [6, 6.07) is 0. The van der Waals surface area contributed by atoms with Gasteiger partial charge in [0.05, 0.1) is 12.2 Å². The van der Waals surface area contributed by atoms with Crippen molar-refractivity contribution in [3.63, 3.8) is 0 Å². The number of aliphatic hydroxyl groups is 2. The van der Waals surface area contributed by atoms with Crippen LogP contribution < -0.4 is 0 Å². The molecule has 0 rings (SSSR count). The van der Waals surface area contributed by atoms with Crippen LogP contribution in [0.25, 0.3) is 0 Å². The molecule has 14 heavy (non-hydrogen) atoms. The second-order valence-corrected chi connectivity index (χ2v) is 3.01. The summed E-state index contributed by atoms with van der Waals surface area (Å²) in [5.74, 6) is 0. The van der Waals surface area contributed by atoms with Crippen LogP contribution in [0.15, 0.2) is 36.0 Å². The minimum absolute atomic E-state index is 0.412. The van der Waals surface area contributed by atoms with E-state index in [-0.39, 0.29) is 0 Å². The Morgan fingerprint density at radius 2 is 1.79 bits per heavy atom. The molecule has 0 aromatic carbocycles. The van der Waals surface area contributed by atoms with Gasteiger partial charge in [-0.15, -0.1) is 0 Å². The van der Waals surface area contributed by atoms with Gasteiger partial charge >= 0.3 is 0 Å². The van der Waals surface area contributed by atoms with E-state index in [0.717, 1.165) is 0 Å². The summed E-state index contributed by atoms with van der Waals surface area (Å²) in [6.07, 6.45) is 7.40. The molecule has 0 heterocycles. The lowest BCUT2D eigenvalue weighted by molar-refractivity contribution is -0.104. The molecule has 0 saturated carbocycles. The fraction of sp³-hybridized carbons (Fsp3) is 0.364. The quantitative estimate of drug-likeness (QED) is 0.391. The van der Waals surface area contributed by atoms with Gasteiger partial charge < -0.3 is 10.2 Å². The van der Waals surface area contributed by atoms with Crippen LogP contribution in [0.3, 0.4) is 0 Å². The van der Waals surface area contributed by atoms with Crippen LogP contribution in [0, 0.1) is 0 Å². The molecule has 0 unspecified atom stereocenters. The molecule has 0 aliphatic rings. The smallest absolute Gasteiger partial charge is 0.149 e. The van der Waals surface area contributed by atoms with Crippen LogP contribution in [-0.4, -0.2) is 28.7 Å². The van der Waals surface area contributed by atoms with E-state index in [4.69, 9.17) is 10.2 Å². The van der Waals surface area contributed by atoms with Crippen molar-refractivity contribution in [2.45, 2.75) is 26.1 Å². The highest BCUT2D eigenvalue weighted by Crippen LogP contribution is 1.96. The summed E-state index contributed by atoms with van der Waals surface area (Å²) in [4.78, 5) is 10.5. The van der Waals surface area contributed by atoms with Crippen molar-refractivity contribution in [2.75, 3.05) is 0 Å². The molecule has 0 fully saturated rings. The van der Waals surface area contributed by atoms with Gasteiger partial charge in [0.2, 0.25) is 0 Å². The number of hydrogen-bond acceptors (Lipinski definition) is 3. The Balaban J connectivity index is 4.25. The second kappa shape index (κ2) is 7.24. The molecule has 0 radical (unpaired) electrons. The highest BCUT2D eigenvalue weighted by molar-refractivity contribution is 5.77. The summed E-state index contributed by atoms with van der Waals surface area (Å²) in [5.41, 5.74) is 0.412. The van der Waals surface area contributed by atoms with Crippen molar-refractivity contribution in [1.29, 1.82) is 0 Å². The molecule has 0 spiro atoms. The van der Waals surface area contributed by atoms with Crippen LogP contribution in [-0.2, 0) is 4.79 Å². The zero-order chi connectivity index (χ0) is 11.0. The molecule has 3 heteroatoms. The summed E-state index contributed by atoms with van der Waals surface area (Å²) in [7, 11) is 0. The molecule has 78 valence electrons. The molecule has 0 aromatic rings. The average molecular weight is 196 g/mol. The number of carbonyl (C=O) groups excluding carboxylic acids is 1. The van der Waals surface area contributed by atoms with Gasteiger partial charge in [-0.25, -0.2) is 0 Å². The first-order valence-electron chi connectivity index (χ1n) is 4.44. The molecule has 0 amide bonds. The van der Waals surface area contributed by atoms with E-state index in [9.17, 15) is 4.79 Å². The van der Waals surface area contributed by atoms with Crippen LogP contribution in [0.4, 0.5) is 0 Å². The maximum Gasteiger partial charge on any atom is 0.149 e. The van der Waals surface area contributed by atoms with E-state index in [1.54, 1.807) is 38.2 Å². The van der Waals surface area contributed by atoms with E-state index in [0.29, 0.717) is 11.9 Å². The van der Waals surface area contributed by atoms with Crippen molar-refractivity contribution < 1.29 is 15.0 Å². The predicted octanol–water partition coefficient (Wildman–Crippen LogP) is 0.986. The van der Waals surface area contributed by atoms with Crippen LogP contribution >= 0.6 is 0 Å². The summed E-state index contributed by atoms with van der Waals surface area (Å²) >= 11 is 0. The van der Waals surface area contributed by atoms with Gasteiger partial charge in [0.25, 0.3) is 0 Å². The van der Waals surface area contributed by atoms with Gasteiger partial charge in [-0.2, -0.15) is 0 Å². The summed E-state index contributed by atoms with van der Waals surface area (Å²) < 4.78 is 0. The van der Waals surface area contributed by atoms with Crippen LogP contribution in [0.1, 0.15) is 13.8 Å². The number of carbonyl (C=O) groups is 1. The van der Waals surface area contributed by atoms with E-state index < -0.39 is 12.2 Å². The van der Waals surface area contributed by atoms with Crippen molar-refractivity contribution in [3.05, 3.63) is 36.0 Å². The van der Waals surface area contributed by atoms with E-state index >= 15 is 0 Å². The molecule has 0 aliphatic heterocycles. The molecule has 2 atom stereocenters. The van der Waals surface area contributed by atoms with Gasteiger partial charge in [-0.1, -0.05) is 24.3 Å². The number of rotatable bonds is 5. The van der Waals surface area contributed by atoms with Crippen LogP contribution in [0.5, 0.6) is 0 Å². The third-order valence-corrected chi connectivity index (χ3v) is 1.36. The first-order valence-corrected chi connectivity index (χ1v) is 4.44. The minimum atomic E-state index is -0.638. The van der Waals surface area contributed by atoms with E-state index in [2.05, 4.69) is 0 Å². The maximum absolute atomic E-state index is 10.5. The third-order valence-electron chi connectivity index (χ3n) is 1.36. The molecule has 3 nitrogen and oxygen atoms in total. The topological polar surface area (TPSA) is 57.5 Å². The monoisotopic (exact) mass is 196 g/mol. The van der Waals surface area contributed by atoms with Crippen molar-refractivity contribution in [3.8, 4) is 0 Å². The zero-order valence-corrected chi connectivity index (χ0v) is 8.42. The summed E-state index contributed by atoms with van der Waals surface area (Å²) in [5, 5.41) is 17.8. The molecule has 0 saturated heterocycles. The van der Waals surface area contributed by atoms with Crippen LogP contribution in [0.2, 0.25) is 0 Å². The zero-order valence-electron chi connectivity index (χ0n) is 8.42. The Kier molecular flexibility index (Phi) is 6.62. The SMILES string of the molecule is C[C@H](O)C=C(C=O)/C=C/C=C[C@@H](C)O. The van der Waals surface area contributed by atoms with Gasteiger partial charge in [0, 0.05) is 5.57 Å². The highest BCUT2D eigenvalue weighted by atomic mass is 16.3. The normalized spacial score (nSPS) is 17.6. The lowest BCUT2D eigenvalue weighted by atomic mass is 10.2. The fourth-order valence-corrected chi connectivity index (χ4v) is 0.804. The predicted molar refractivity (Wildman–Crippen MR) is 55.8 cm³/mol. The largest absolute Gasteiger partial charge is 0.389 e. The number of hydrogen-bond donors (Lipinski definition) is 2. The molecular formula is C11H16O3. The Morgan fingerprint density at radius 3 is 2.21 bits per heavy atom. The van der Waals surface area contributed by atoms with Gasteiger partial charge in [-0.3, -0.25) is 4.79 Å². The third kappa shape index (κ3) is 7.46. The second-order valence-electron chi connectivity index (χ2n) is 3.01. The first kappa shape index (κ1) is 12.8. The molecular weight excluding hydrogens is 180 g/mol. The van der Waals surface area contributed by atoms with Gasteiger partial charge in [-0.05, 0) is 19.9 Å². The van der Waals surface area contributed by atoms with E-state index in [1.807, 2.05) is 0 Å². The van der Waals surface area contributed by atoms with Crippen molar-refractivity contribution >= 4 is 6.29 Å². The number of allylic oxidation sites excluding steroid dienone is 4. The molecule has 2 N–H and O–H groups in total. The highest BCUT2D eigenvalue weighted by Gasteiger charge is 1.92. The Hall–Kier alpha value is -1.19. The van der Waals surface area contributed by atoms with Gasteiger partial charge in [0.1, 0.15) is 6.29 Å². The Bertz CT molecular complexity index is 247. The Morgan fingerprint density at radius 1 is 1.14 bits per heavy atom. The lowest BCUT2D eigenvalue weighted by Gasteiger charge is -1.94. The van der Waals surface area contributed by atoms with Gasteiger partial charge in [0.15, 0.2) is 0 Å². The number of aldehydes is 1. The minimum Gasteiger partial charge on any atom is -0.389 e. The van der Waals surface area contributed by atoms with E-state index in [1.165, 1.54) is 6.08 Å². The molecule has 0 aromatic heterocycles. The fourth-order valence-electron chi connectivity index (χ4n) is 0.804. The number of aliphatic hydroxyl groups excluding tert-OH is 2. The maximum atomic E-state index is 10.5. The average Bonchev–Trinajstić information content (AvgIpc) is 2.09. The molecule has 0 bridgehead atoms. The Labute approximate surface area is 84.1 Å². The first-order chi connectivity index (χ1) is 6.56. The standard InChI is InChI=1S/C11H16O3/c1-9(13)5-3-4-6-11(8-12)7-10(2)14/h3-10,13-14H,1-2H3/b5-3?,6-4+,11-7?/t9-,10+/m1/s1.